The van der Waals surface area contributed by atoms with Crippen molar-refractivity contribution < 1.29 is 9.50 Å². The Labute approximate surface area is 133 Å². The third-order valence-electron chi connectivity index (χ3n) is 8.24. The van der Waals surface area contributed by atoms with E-state index in [-0.39, 0.29) is 23.0 Å². The van der Waals surface area contributed by atoms with Crippen LogP contribution in [0.4, 0.5) is 4.39 Å². The lowest BCUT2D eigenvalue weighted by Gasteiger charge is -2.59. The summed E-state index contributed by atoms with van der Waals surface area (Å²) in [7, 11) is 0. The van der Waals surface area contributed by atoms with E-state index < -0.39 is 6.17 Å². The van der Waals surface area contributed by atoms with Crippen LogP contribution in [0.25, 0.3) is 0 Å². The van der Waals surface area contributed by atoms with E-state index in [2.05, 4.69) is 19.9 Å². The van der Waals surface area contributed by atoms with Crippen molar-refractivity contribution in [2.45, 2.75) is 70.7 Å². The molecular weight excluding hydrogens is 277 g/mol. The average Bonchev–Trinajstić information content (AvgIpc) is 2.72. The van der Waals surface area contributed by atoms with Gasteiger partial charge >= 0.3 is 0 Å². The Bertz CT molecular complexity index is 494. The van der Waals surface area contributed by atoms with Crippen molar-refractivity contribution in [2.75, 3.05) is 0 Å². The minimum absolute atomic E-state index is 0.00166. The molecule has 0 bridgehead atoms. The molecule has 4 aliphatic rings. The predicted octanol–water partition coefficient (Wildman–Crippen LogP) is 3.44. The number of halogens is 1. The molecule has 124 valence electrons. The van der Waals surface area contributed by atoms with E-state index >= 15 is 0 Å². The van der Waals surface area contributed by atoms with E-state index in [0.29, 0.717) is 30.1 Å². The lowest BCUT2D eigenvalue weighted by atomic mass is 9.46. The highest BCUT2D eigenvalue weighted by Gasteiger charge is 2.61. The van der Waals surface area contributed by atoms with E-state index in [4.69, 9.17) is 5.73 Å². The first-order valence-corrected chi connectivity index (χ1v) is 9.13. The van der Waals surface area contributed by atoms with Gasteiger partial charge in [0.25, 0.3) is 0 Å². The monoisotopic (exact) mass is 307 g/mol. The van der Waals surface area contributed by atoms with Crippen LogP contribution in [0.1, 0.15) is 52.4 Å². The number of rotatable bonds is 0. The molecule has 0 saturated heterocycles. The normalized spacial score (nSPS) is 60.5. The van der Waals surface area contributed by atoms with Gasteiger partial charge in [-0.3, -0.25) is 0 Å². The zero-order chi connectivity index (χ0) is 15.7. The fraction of sp³-hybridized carbons (Fsp3) is 0.895. The van der Waals surface area contributed by atoms with Crippen LogP contribution < -0.4 is 5.73 Å². The minimum atomic E-state index is -0.817. The van der Waals surface area contributed by atoms with Gasteiger partial charge in [-0.1, -0.05) is 26.0 Å². The van der Waals surface area contributed by atoms with E-state index in [9.17, 15) is 9.50 Å². The summed E-state index contributed by atoms with van der Waals surface area (Å²) in [4.78, 5) is 0. The van der Waals surface area contributed by atoms with Crippen molar-refractivity contribution in [3.8, 4) is 0 Å². The summed E-state index contributed by atoms with van der Waals surface area (Å²) in [5, 5.41) is 9.97. The number of alkyl halides is 1. The van der Waals surface area contributed by atoms with E-state index in [0.717, 1.165) is 12.8 Å². The Morgan fingerprint density at radius 3 is 2.68 bits per heavy atom. The molecule has 9 atom stereocenters. The number of allylic oxidation sites excluding steroid dienone is 1. The Hall–Kier alpha value is -0.410. The number of aliphatic hydroxyl groups excluding tert-OH is 1. The largest absolute Gasteiger partial charge is 0.389 e. The van der Waals surface area contributed by atoms with E-state index in [1.165, 1.54) is 19.3 Å². The molecule has 0 aliphatic heterocycles. The Balaban J connectivity index is 1.67. The highest BCUT2D eigenvalue weighted by atomic mass is 19.1. The molecule has 3 heteroatoms. The van der Waals surface area contributed by atoms with Gasteiger partial charge < -0.3 is 10.8 Å². The highest BCUT2D eigenvalue weighted by Crippen LogP contribution is 2.65. The molecule has 0 spiro atoms. The van der Waals surface area contributed by atoms with Crippen molar-refractivity contribution in [2.24, 2.45) is 40.2 Å². The smallest absolute Gasteiger partial charge is 0.116 e. The SMILES string of the molecule is C[C@]12C=C[C@H](O)C[C@H]1CC[C@@H]1[C@@H]2CC[C@]2(C)[C@H](N)[C@H](F)C[C@@H]12. The van der Waals surface area contributed by atoms with Crippen molar-refractivity contribution in [1.29, 1.82) is 0 Å². The molecule has 4 rings (SSSR count). The molecule has 0 unspecified atom stereocenters. The van der Waals surface area contributed by atoms with Crippen molar-refractivity contribution in [3.63, 3.8) is 0 Å². The van der Waals surface area contributed by atoms with Crippen LogP contribution in [0.5, 0.6) is 0 Å². The van der Waals surface area contributed by atoms with Gasteiger partial charge in [-0.25, -0.2) is 4.39 Å². The van der Waals surface area contributed by atoms with Crippen LogP contribution in [0.3, 0.4) is 0 Å². The van der Waals surface area contributed by atoms with Crippen LogP contribution in [0.2, 0.25) is 0 Å². The third-order valence-corrected chi connectivity index (χ3v) is 8.24. The van der Waals surface area contributed by atoms with Gasteiger partial charge in [-0.15, -0.1) is 0 Å². The molecule has 4 aliphatic carbocycles. The van der Waals surface area contributed by atoms with E-state index in [1.54, 1.807) is 0 Å². The highest BCUT2D eigenvalue weighted by molar-refractivity contribution is 5.18. The topological polar surface area (TPSA) is 46.2 Å². The summed E-state index contributed by atoms with van der Waals surface area (Å²) >= 11 is 0. The van der Waals surface area contributed by atoms with Crippen LogP contribution in [-0.4, -0.2) is 23.4 Å². The zero-order valence-electron chi connectivity index (χ0n) is 13.8. The standard InChI is InChI=1S/C19H30FNO/c1-18-7-5-12(22)9-11(18)3-4-13-14(18)6-8-19(2)15(13)10-16(20)17(19)21/h5,7,11-17,22H,3-4,6,8-10,21H2,1-2H3/t11-,12+,13-,14+,15+,16-,17-,18+,19+/m1/s1. The van der Waals surface area contributed by atoms with Gasteiger partial charge in [0.05, 0.1) is 6.10 Å². The predicted molar refractivity (Wildman–Crippen MR) is 85.9 cm³/mol. The molecule has 22 heavy (non-hydrogen) atoms. The Morgan fingerprint density at radius 2 is 1.91 bits per heavy atom. The Kier molecular flexibility index (Phi) is 3.30. The zero-order valence-corrected chi connectivity index (χ0v) is 13.8. The molecule has 0 radical (unpaired) electrons. The van der Waals surface area contributed by atoms with Gasteiger partial charge in [0.2, 0.25) is 0 Å². The number of hydrogen-bond donors (Lipinski definition) is 2. The van der Waals surface area contributed by atoms with Gasteiger partial charge in [-0.2, -0.15) is 0 Å². The maximum absolute atomic E-state index is 14.3. The molecule has 0 aromatic rings. The van der Waals surface area contributed by atoms with Gasteiger partial charge in [0.15, 0.2) is 0 Å². The molecule has 0 aromatic heterocycles. The summed E-state index contributed by atoms with van der Waals surface area (Å²) in [6, 6.07) is -0.271. The first-order valence-electron chi connectivity index (χ1n) is 9.13. The number of fused-ring (bicyclic) bond motifs is 5. The van der Waals surface area contributed by atoms with Crippen molar-refractivity contribution >= 4 is 0 Å². The van der Waals surface area contributed by atoms with E-state index in [1.807, 2.05) is 6.08 Å². The summed E-state index contributed by atoms with van der Waals surface area (Å²) in [5.41, 5.74) is 6.45. The van der Waals surface area contributed by atoms with Crippen molar-refractivity contribution in [1.82, 2.24) is 0 Å². The quantitative estimate of drug-likeness (QED) is 0.673. The molecule has 0 amide bonds. The lowest BCUT2D eigenvalue weighted by molar-refractivity contribution is -0.0789. The summed E-state index contributed by atoms with van der Waals surface area (Å²) in [5.74, 6) is 2.31. The number of hydrogen-bond acceptors (Lipinski definition) is 2. The Morgan fingerprint density at radius 1 is 1.14 bits per heavy atom. The van der Waals surface area contributed by atoms with Crippen LogP contribution >= 0.6 is 0 Å². The molecule has 3 N–H and O–H groups in total. The summed E-state index contributed by atoms with van der Waals surface area (Å²) in [6.45, 7) is 4.63. The first-order chi connectivity index (χ1) is 10.4. The van der Waals surface area contributed by atoms with Gasteiger partial charge in [0, 0.05) is 6.04 Å². The summed E-state index contributed by atoms with van der Waals surface area (Å²) < 4.78 is 14.3. The van der Waals surface area contributed by atoms with Crippen LogP contribution in [-0.2, 0) is 0 Å². The maximum Gasteiger partial charge on any atom is 0.116 e. The fourth-order valence-electron chi connectivity index (χ4n) is 6.80. The minimum Gasteiger partial charge on any atom is -0.389 e. The van der Waals surface area contributed by atoms with Crippen LogP contribution in [0, 0.1) is 34.5 Å². The van der Waals surface area contributed by atoms with Crippen molar-refractivity contribution in [3.05, 3.63) is 12.2 Å². The molecule has 3 fully saturated rings. The average molecular weight is 307 g/mol. The molecule has 0 heterocycles. The molecule has 3 saturated carbocycles. The second-order valence-electron chi connectivity index (χ2n) is 9.00. The second-order valence-corrected chi connectivity index (χ2v) is 9.00. The van der Waals surface area contributed by atoms with Gasteiger partial charge in [-0.05, 0) is 73.0 Å². The van der Waals surface area contributed by atoms with Gasteiger partial charge in [0.1, 0.15) is 6.17 Å². The first kappa shape index (κ1) is 15.1. The second kappa shape index (κ2) is 4.80. The molecule has 0 aromatic carbocycles. The fourth-order valence-corrected chi connectivity index (χ4v) is 6.80. The third kappa shape index (κ3) is 1.84. The molecular formula is C19H30FNO. The lowest BCUT2D eigenvalue weighted by Crippen LogP contribution is -2.54. The summed E-state index contributed by atoms with van der Waals surface area (Å²) in [6.07, 6.45) is 9.42. The molecule has 2 nitrogen and oxygen atoms in total. The van der Waals surface area contributed by atoms with Crippen LogP contribution in [0.15, 0.2) is 12.2 Å². The maximum atomic E-state index is 14.3. The number of nitrogens with two attached hydrogens (primary N) is 1. The number of aliphatic hydroxyl groups is 1.